The molecule has 0 saturated heterocycles. The van der Waals surface area contributed by atoms with Crippen molar-refractivity contribution in [2.75, 3.05) is 5.75 Å². The minimum Gasteiger partial charge on any atom is -0.385 e. The summed E-state index contributed by atoms with van der Waals surface area (Å²) >= 11 is 6.21. The van der Waals surface area contributed by atoms with E-state index in [1.165, 1.54) is 12.8 Å². The summed E-state index contributed by atoms with van der Waals surface area (Å²) in [6.07, 6.45) is 2.43. The fourth-order valence-corrected chi connectivity index (χ4v) is 1.20. The molecule has 0 amide bonds. The van der Waals surface area contributed by atoms with Crippen molar-refractivity contribution >= 4 is 28.3 Å². The SMILES string of the molecule is CCCCSC(N)=S.[Ni]. The Bertz CT molecular complexity index is 77.4. The molecular weight excluding hydrogens is 197 g/mol. The first kappa shape index (κ1) is 12.4. The number of thiocarbonyl (C=S) groups is 1. The van der Waals surface area contributed by atoms with E-state index in [1.54, 1.807) is 11.8 Å². The van der Waals surface area contributed by atoms with Gasteiger partial charge in [-0.1, -0.05) is 37.3 Å². The molecule has 0 rings (SSSR count). The zero-order valence-corrected chi connectivity index (χ0v) is 7.95. The van der Waals surface area contributed by atoms with Crippen LogP contribution in [0.1, 0.15) is 19.8 Å². The Labute approximate surface area is 76.1 Å². The number of unbranched alkanes of at least 4 members (excludes halogenated alkanes) is 1. The second kappa shape index (κ2) is 8.73. The Kier molecular flexibility index (Phi) is 12.0. The van der Waals surface area contributed by atoms with Crippen molar-refractivity contribution < 1.29 is 16.5 Å². The zero-order valence-electron chi connectivity index (χ0n) is 5.33. The van der Waals surface area contributed by atoms with E-state index < -0.39 is 0 Å². The first-order valence-corrected chi connectivity index (χ1v) is 4.09. The maximum absolute atomic E-state index is 5.23. The Hall–Kier alpha value is 0.734. The predicted molar refractivity (Wildman–Crippen MR) is 44.2 cm³/mol. The molecule has 58 valence electrons. The van der Waals surface area contributed by atoms with Crippen LogP contribution in [0.4, 0.5) is 0 Å². The topological polar surface area (TPSA) is 26.0 Å². The van der Waals surface area contributed by atoms with E-state index in [9.17, 15) is 0 Å². The van der Waals surface area contributed by atoms with Gasteiger partial charge >= 0.3 is 0 Å². The molecule has 0 bridgehead atoms. The van der Waals surface area contributed by atoms with Gasteiger partial charge in [-0.2, -0.15) is 0 Å². The van der Waals surface area contributed by atoms with Crippen LogP contribution >= 0.6 is 24.0 Å². The molecule has 0 radical (unpaired) electrons. The van der Waals surface area contributed by atoms with Crippen LogP contribution < -0.4 is 5.73 Å². The van der Waals surface area contributed by atoms with Gasteiger partial charge in [0.05, 0.1) is 0 Å². The Morgan fingerprint density at radius 1 is 1.67 bits per heavy atom. The van der Waals surface area contributed by atoms with E-state index in [4.69, 9.17) is 5.73 Å². The molecule has 4 heteroatoms. The second-order valence-electron chi connectivity index (χ2n) is 1.52. The molecule has 1 nitrogen and oxygen atoms in total. The summed E-state index contributed by atoms with van der Waals surface area (Å²) in [5.74, 6) is 1.08. The van der Waals surface area contributed by atoms with E-state index in [2.05, 4.69) is 19.1 Å². The Morgan fingerprint density at radius 3 is 2.56 bits per heavy atom. The molecule has 0 atom stereocenters. The third kappa shape index (κ3) is 12.0. The zero-order chi connectivity index (χ0) is 6.41. The minimum absolute atomic E-state index is 0. The first-order chi connectivity index (χ1) is 3.77. The standard InChI is InChI=1S/C5H11NS2.Ni/c1-2-3-4-8-5(6)7;/h2-4H2,1H3,(H2,6,7);. The molecule has 0 unspecified atom stereocenters. The summed E-state index contributed by atoms with van der Waals surface area (Å²) < 4.78 is 0.568. The van der Waals surface area contributed by atoms with Crippen molar-refractivity contribution in [2.45, 2.75) is 19.8 Å². The van der Waals surface area contributed by atoms with Crippen molar-refractivity contribution in [1.82, 2.24) is 0 Å². The van der Waals surface area contributed by atoms with Crippen LogP contribution in [-0.2, 0) is 16.5 Å². The minimum atomic E-state index is 0. The number of hydrogen-bond donors (Lipinski definition) is 1. The first-order valence-electron chi connectivity index (χ1n) is 2.69. The van der Waals surface area contributed by atoms with Crippen LogP contribution in [0.3, 0.4) is 0 Å². The van der Waals surface area contributed by atoms with Gasteiger partial charge in [0.15, 0.2) is 0 Å². The fraction of sp³-hybridized carbons (Fsp3) is 0.800. The molecule has 0 spiro atoms. The molecule has 0 aliphatic heterocycles. The van der Waals surface area contributed by atoms with Gasteiger partial charge in [0, 0.05) is 22.2 Å². The molecule has 0 saturated carbocycles. The summed E-state index contributed by atoms with van der Waals surface area (Å²) in [5, 5.41) is 0. The third-order valence-electron chi connectivity index (χ3n) is 0.742. The molecule has 2 N–H and O–H groups in total. The molecule has 0 heterocycles. The molecule has 0 aromatic carbocycles. The van der Waals surface area contributed by atoms with E-state index >= 15 is 0 Å². The summed E-state index contributed by atoms with van der Waals surface area (Å²) in [6.45, 7) is 2.15. The molecule has 0 aliphatic carbocycles. The van der Waals surface area contributed by atoms with Crippen LogP contribution in [0.5, 0.6) is 0 Å². The smallest absolute Gasteiger partial charge is 0.131 e. The summed E-state index contributed by atoms with van der Waals surface area (Å²) in [6, 6.07) is 0. The van der Waals surface area contributed by atoms with E-state index in [0.717, 1.165) is 5.75 Å². The van der Waals surface area contributed by atoms with Gasteiger partial charge < -0.3 is 5.73 Å². The largest absolute Gasteiger partial charge is 0.385 e. The normalized spacial score (nSPS) is 8.11. The number of thioether (sulfide) groups is 1. The van der Waals surface area contributed by atoms with Crippen molar-refractivity contribution in [3.63, 3.8) is 0 Å². The molecule has 0 fully saturated rings. The van der Waals surface area contributed by atoms with Crippen molar-refractivity contribution in [2.24, 2.45) is 5.73 Å². The summed E-state index contributed by atoms with van der Waals surface area (Å²) in [7, 11) is 0. The predicted octanol–water partition coefficient (Wildman–Crippen LogP) is 1.76. The summed E-state index contributed by atoms with van der Waals surface area (Å²) in [4.78, 5) is 0. The number of rotatable bonds is 3. The van der Waals surface area contributed by atoms with Crippen LogP contribution in [0, 0.1) is 0 Å². The number of nitrogens with two attached hydrogens (primary N) is 1. The van der Waals surface area contributed by atoms with Gasteiger partial charge in [-0.25, -0.2) is 0 Å². The van der Waals surface area contributed by atoms with Gasteiger partial charge in [-0.3, -0.25) is 0 Å². The van der Waals surface area contributed by atoms with Crippen LogP contribution in [0.25, 0.3) is 0 Å². The van der Waals surface area contributed by atoms with Crippen molar-refractivity contribution in [3.05, 3.63) is 0 Å². The van der Waals surface area contributed by atoms with E-state index in [1.807, 2.05) is 0 Å². The molecule has 9 heavy (non-hydrogen) atoms. The van der Waals surface area contributed by atoms with Gasteiger partial charge in [-0.15, -0.1) is 0 Å². The second-order valence-corrected chi connectivity index (χ2v) is 3.36. The average molecular weight is 208 g/mol. The Balaban J connectivity index is 0. The number of hydrogen-bond acceptors (Lipinski definition) is 2. The maximum atomic E-state index is 5.23. The average Bonchev–Trinajstić information content (AvgIpc) is 1.66. The van der Waals surface area contributed by atoms with E-state index in [0.29, 0.717) is 4.32 Å². The Morgan fingerprint density at radius 2 is 2.22 bits per heavy atom. The maximum Gasteiger partial charge on any atom is 0.131 e. The van der Waals surface area contributed by atoms with Gasteiger partial charge in [0.1, 0.15) is 4.32 Å². The van der Waals surface area contributed by atoms with Crippen LogP contribution in [0.2, 0.25) is 0 Å². The van der Waals surface area contributed by atoms with Crippen LogP contribution in [0.15, 0.2) is 0 Å². The van der Waals surface area contributed by atoms with Gasteiger partial charge in [0.2, 0.25) is 0 Å². The quantitative estimate of drug-likeness (QED) is 0.434. The van der Waals surface area contributed by atoms with Crippen molar-refractivity contribution in [1.29, 1.82) is 0 Å². The molecular formula is C5H11NNiS2. The molecule has 0 aliphatic rings. The van der Waals surface area contributed by atoms with Crippen molar-refractivity contribution in [3.8, 4) is 0 Å². The van der Waals surface area contributed by atoms with Gasteiger partial charge in [0.25, 0.3) is 0 Å². The third-order valence-corrected chi connectivity index (χ3v) is 1.87. The van der Waals surface area contributed by atoms with Gasteiger partial charge in [-0.05, 0) is 6.42 Å². The van der Waals surface area contributed by atoms with Crippen LogP contribution in [-0.4, -0.2) is 10.1 Å². The molecule has 0 aromatic heterocycles. The fourth-order valence-electron chi connectivity index (χ4n) is 0.317. The monoisotopic (exact) mass is 207 g/mol. The molecule has 0 aromatic rings. The van der Waals surface area contributed by atoms with E-state index in [-0.39, 0.29) is 16.5 Å². The summed E-state index contributed by atoms with van der Waals surface area (Å²) in [5.41, 5.74) is 5.23.